The molecule has 1 aromatic carbocycles. The highest BCUT2D eigenvalue weighted by atomic mass is 35.5. The van der Waals surface area contributed by atoms with Crippen molar-refractivity contribution in [2.75, 3.05) is 25.5 Å². The van der Waals surface area contributed by atoms with Crippen LogP contribution >= 0.6 is 12.4 Å². The average molecular weight is 415 g/mol. The zero-order chi connectivity index (χ0) is 18.7. The quantitative estimate of drug-likeness (QED) is 0.674. The average Bonchev–Trinajstić information content (AvgIpc) is 3.14. The lowest BCUT2D eigenvalue weighted by Crippen LogP contribution is -2.29. The van der Waals surface area contributed by atoms with E-state index in [4.69, 9.17) is 0 Å². The zero-order valence-electron chi connectivity index (χ0n) is 15.1. The van der Waals surface area contributed by atoms with E-state index in [2.05, 4.69) is 25.7 Å². The fourth-order valence-corrected chi connectivity index (χ4v) is 3.90. The molecule has 0 spiro atoms. The van der Waals surface area contributed by atoms with Gasteiger partial charge in [-0.05, 0) is 57.6 Å². The fraction of sp³-hybridized carbons (Fsp3) is 0.438. The number of hydrogen-bond donors (Lipinski definition) is 3. The Balaban J connectivity index is 0.00000261. The molecule has 1 aliphatic heterocycles. The molecule has 0 saturated carbocycles. The Morgan fingerprint density at radius 1 is 1.30 bits per heavy atom. The van der Waals surface area contributed by atoms with Crippen LogP contribution in [0, 0.1) is 6.92 Å². The first-order valence-corrected chi connectivity index (χ1v) is 9.87. The molecule has 0 atom stereocenters. The molecule has 3 rings (SSSR count). The van der Waals surface area contributed by atoms with E-state index >= 15 is 0 Å². The third kappa shape index (κ3) is 4.83. The van der Waals surface area contributed by atoms with Gasteiger partial charge in [-0.2, -0.15) is 0 Å². The highest BCUT2D eigenvalue weighted by Gasteiger charge is 2.20. The first-order valence-electron chi connectivity index (χ1n) is 8.39. The van der Waals surface area contributed by atoms with E-state index < -0.39 is 15.9 Å². The number of piperidine rings is 1. The van der Waals surface area contributed by atoms with Gasteiger partial charge in [0.05, 0.1) is 17.1 Å². The molecule has 1 amide bonds. The molecule has 3 N–H and O–H groups in total. The highest BCUT2D eigenvalue weighted by molar-refractivity contribution is 7.89. The topological polar surface area (TPSA) is 118 Å². The Hall–Kier alpha value is -2.01. The summed E-state index contributed by atoms with van der Waals surface area (Å²) >= 11 is 0. The molecule has 9 nitrogen and oxygen atoms in total. The van der Waals surface area contributed by atoms with Crippen molar-refractivity contribution in [2.45, 2.75) is 30.7 Å². The van der Waals surface area contributed by atoms with E-state index in [1.54, 1.807) is 29.9 Å². The number of aromatic nitrogens is 3. The first kappa shape index (κ1) is 21.3. The normalized spacial score (nSPS) is 15.2. The van der Waals surface area contributed by atoms with Gasteiger partial charge in [-0.1, -0.05) is 11.3 Å². The Morgan fingerprint density at radius 3 is 2.67 bits per heavy atom. The zero-order valence-corrected chi connectivity index (χ0v) is 16.7. The van der Waals surface area contributed by atoms with Gasteiger partial charge in [0.15, 0.2) is 5.69 Å². The molecule has 0 unspecified atom stereocenters. The molecule has 1 saturated heterocycles. The predicted molar refractivity (Wildman–Crippen MR) is 104 cm³/mol. The highest BCUT2D eigenvalue weighted by Crippen LogP contribution is 2.21. The van der Waals surface area contributed by atoms with E-state index in [9.17, 15) is 13.2 Å². The maximum Gasteiger partial charge on any atom is 0.277 e. The SMILES string of the molecule is CNS(=O)(=O)c1cc(NC(=O)c2cn(C3CCNCC3)nn2)ccc1C.Cl. The third-order valence-electron chi connectivity index (χ3n) is 4.43. The minimum atomic E-state index is -3.60. The van der Waals surface area contributed by atoms with Gasteiger partial charge in [0.1, 0.15) is 0 Å². The maximum absolute atomic E-state index is 12.4. The van der Waals surface area contributed by atoms with Crippen molar-refractivity contribution in [1.29, 1.82) is 0 Å². The number of hydrogen-bond acceptors (Lipinski definition) is 6. The van der Waals surface area contributed by atoms with Crippen molar-refractivity contribution in [3.63, 3.8) is 0 Å². The number of benzene rings is 1. The molecule has 0 aliphatic carbocycles. The summed E-state index contributed by atoms with van der Waals surface area (Å²) in [6.45, 7) is 3.52. The second kappa shape index (κ2) is 8.79. The van der Waals surface area contributed by atoms with Gasteiger partial charge in [-0.15, -0.1) is 17.5 Å². The largest absolute Gasteiger partial charge is 0.321 e. The fourth-order valence-electron chi connectivity index (χ4n) is 2.90. The summed E-state index contributed by atoms with van der Waals surface area (Å²) in [5.41, 5.74) is 1.17. The summed E-state index contributed by atoms with van der Waals surface area (Å²) in [7, 11) is -2.26. The molecule has 27 heavy (non-hydrogen) atoms. The first-order chi connectivity index (χ1) is 12.4. The van der Waals surface area contributed by atoms with Crippen molar-refractivity contribution < 1.29 is 13.2 Å². The van der Waals surface area contributed by atoms with Gasteiger partial charge in [-0.3, -0.25) is 4.79 Å². The van der Waals surface area contributed by atoms with Crippen LogP contribution in [0.2, 0.25) is 0 Å². The Kier molecular flexibility index (Phi) is 6.93. The Labute approximate surface area is 164 Å². The van der Waals surface area contributed by atoms with Gasteiger partial charge < -0.3 is 10.6 Å². The van der Waals surface area contributed by atoms with Crippen molar-refractivity contribution >= 4 is 34.0 Å². The van der Waals surface area contributed by atoms with Gasteiger partial charge in [0.25, 0.3) is 5.91 Å². The van der Waals surface area contributed by atoms with Crippen LogP contribution in [-0.2, 0) is 10.0 Å². The van der Waals surface area contributed by atoms with Crippen LogP contribution in [0.1, 0.15) is 34.9 Å². The number of aryl methyl sites for hydroxylation is 1. The lowest BCUT2D eigenvalue weighted by atomic mass is 10.1. The van der Waals surface area contributed by atoms with Crippen LogP contribution in [0.5, 0.6) is 0 Å². The molecular weight excluding hydrogens is 392 g/mol. The van der Waals surface area contributed by atoms with E-state index in [0.717, 1.165) is 25.9 Å². The number of halogens is 1. The number of amides is 1. The lowest BCUT2D eigenvalue weighted by molar-refractivity contribution is 0.102. The second-order valence-electron chi connectivity index (χ2n) is 6.21. The summed E-state index contributed by atoms with van der Waals surface area (Å²) in [5.74, 6) is -0.429. The molecule has 0 radical (unpaired) electrons. The van der Waals surface area contributed by atoms with Crippen molar-refractivity contribution in [2.24, 2.45) is 0 Å². The van der Waals surface area contributed by atoms with Gasteiger partial charge in [-0.25, -0.2) is 17.8 Å². The van der Waals surface area contributed by atoms with Gasteiger partial charge in [0, 0.05) is 5.69 Å². The molecule has 1 aromatic heterocycles. The molecular formula is C16H23ClN6O3S. The van der Waals surface area contributed by atoms with Gasteiger partial charge >= 0.3 is 0 Å². The molecule has 2 heterocycles. The predicted octanol–water partition coefficient (Wildman–Crippen LogP) is 1.09. The summed E-state index contributed by atoms with van der Waals surface area (Å²) in [4.78, 5) is 12.5. The number of carbonyl (C=O) groups excluding carboxylic acids is 1. The van der Waals surface area contributed by atoms with E-state index in [0.29, 0.717) is 11.3 Å². The molecule has 11 heteroatoms. The molecule has 1 fully saturated rings. The van der Waals surface area contributed by atoms with Crippen LogP contribution in [0.15, 0.2) is 29.3 Å². The summed E-state index contributed by atoms with van der Waals surface area (Å²) in [5, 5.41) is 14.0. The molecule has 1 aliphatic rings. The maximum atomic E-state index is 12.4. The number of rotatable bonds is 5. The molecule has 2 aromatic rings. The minimum Gasteiger partial charge on any atom is -0.321 e. The molecule has 0 bridgehead atoms. The van der Waals surface area contributed by atoms with Crippen LogP contribution in [0.3, 0.4) is 0 Å². The van der Waals surface area contributed by atoms with Crippen LogP contribution in [-0.4, -0.2) is 49.5 Å². The van der Waals surface area contributed by atoms with Crippen molar-refractivity contribution in [3.8, 4) is 0 Å². The van der Waals surface area contributed by atoms with Crippen LogP contribution < -0.4 is 15.4 Å². The minimum absolute atomic E-state index is 0. The van der Waals surface area contributed by atoms with E-state index in [1.807, 2.05) is 0 Å². The molecule has 148 valence electrons. The van der Waals surface area contributed by atoms with Gasteiger partial charge in [0.2, 0.25) is 10.0 Å². The number of carbonyl (C=O) groups is 1. The standard InChI is InChI=1S/C16H22N6O3S.ClH/c1-11-3-4-12(9-15(11)26(24,25)17-2)19-16(23)14-10-22(21-20-14)13-5-7-18-8-6-13;/h3-4,9-10,13,17-18H,5-8H2,1-2H3,(H,19,23);1H. The summed E-state index contributed by atoms with van der Waals surface area (Å²) in [6, 6.07) is 4.96. The number of sulfonamides is 1. The summed E-state index contributed by atoms with van der Waals surface area (Å²) < 4.78 is 28.1. The Bertz CT molecular complexity index is 909. The third-order valence-corrected chi connectivity index (χ3v) is 5.99. The van der Waals surface area contributed by atoms with Crippen molar-refractivity contribution in [1.82, 2.24) is 25.0 Å². The van der Waals surface area contributed by atoms with Crippen LogP contribution in [0.25, 0.3) is 0 Å². The second-order valence-corrected chi connectivity index (χ2v) is 8.06. The van der Waals surface area contributed by atoms with E-state index in [-0.39, 0.29) is 29.0 Å². The van der Waals surface area contributed by atoms with E-state index in [1.165, 1.54) is 13.1 Å². The lowest BCUT2D eigenvalue weighted by Gasteiger charge is -2.22. The van der Waals surface area contributed by atoms with Crippen molar-refractivity contribution in [3.05, 3.63) is 35.7 Å². The summed E-state index contributed by atoms with van der Waals surface area (Å²) in [6.07, 6.45) is 3.51. The monoisotopic (exact) mass is 414 g/mol. The number of nitrogens with zero attached hydrogens (tertiary/aromatic N) is 3. The number of nitrogens with one attached hydrogen (secondary N) is 3. The van der Waals surface area contributed by atoms with Crippen LogP contribution in [0.4, 0.5) is 5.69 Å². The Morgan fingerprint density at radius 2 is 2.00 bits per heavy atom. The number of anilines is 1. The smallest absolute Gasteiger partial charge is 0.277 e.